The van der Waals surface area contributed by atoms with Crippen LogP contribution in [0.3, 0.4) is 0 Å². The lowest BCUT2D eigenvalue weighted by molar-refractivity contribution is 0.778. The number of rotatable bonds is 7. The summed E-state index contributed by atoms with van der Waals surface area (Å²) in [5.74, 6) is 1.30. The summed E-state index contributed by atoms with van der Waals surface area (Å²) in [6.07, 6.45) is 2.07. The van der Waals surface area contributed by atoms with Crippen molar-refractivity contribution in [3.05, 3.63) is 51.5 Å². The van der Waals surface area contributed by atoms with Gasteiger partial charge in [0.2, 0.25) is 0 Å². The summed E-state index contributed by atoms with van der Waals surface area (Å²) >= 11 is 1.70. The third-order valence-corrected chi connectivity index (χ3v) is 4.80. The maximum Gasteiger partial charge on any atom is 0.191 e. The molecule has 1 aromatic heterocycles. The summed E-state index contributed by atoms with van der Waals surface area (Å²) in [7, 11) is 1.80. The van der Waals surface area contributed by atoms with Crippen LogP contribution in [0.4, 0.5) is 0 Å². The van der Waals surface area contributed by atoms with Gasteiger partial charge in [-0.2, -0.15) is 0 Å². The molecule has 0 bridgehead atoms. The summed E-state index contributed by atoms with van der Waals surface area (Å²) in [6, 6.07) is 8.83. The van der Waals surface area contributed by atoms with E-state index in [1.54, 1.807) is 18.4 Å². The summed E-state index contributed by atoms with van der Waals surface area (Å²) in [5.41, 5.74) is 3.89. The molecule has 0 aliphatic carbocycles. The third kappa shape index (κ3) is 5.64. The van der Waals surface area contributed by atoms with Crippen molar-refractivity contribution in [3.8, 4) is 0 Å². The fourth-order valence-corrected chi connectivity index (χ4v) is 3.21. The van der Waals surface area contributed by atoms with Crippen molar-refractivity contribution >= 4 is 17.3 Å². The third-order valence-electron chi connectivity index (χ3n) is 3.93. The maximum atomic E-state index is 4.63. The van der Waals surface area contributed by atoms with Gasteiger partial charge in [-0.15, -0.1) is 11.3 Å². The van der Waals surface area contributed by atoms with Crippen molar-refractivity contribution in [1.82, 2.24) is 15.6 Å². The van der Waals surface area contributed by atoms with Crippen LogP contribution in [0.1, 0.15) is 48.5 Å². The Morgan fingerprint density at radius 2 is 1.88 bits per heavy atom. The Morgan fingerprint density at radius 3 is 2.46 bits per heavy atom. The minimum Gasteiger partial charge on any atom is -0.356 e. The molecule has 0 amide bonds. The molecule has 1 heterocycles. The number of benzene rings is 1. The van der Waals surface area contributed by atoms with E-state index in [2.05, 4.69) is 71.0 Å². The van der Waals surface area contributed by atoms with E-state index in [9.17, 15) is 0 Å². The highest BCUT2D eigenvalue weighted by Gasteiger charge is 2.06. The fourth-order valence-electron chi connectivity index (χ4n) is 2.32. The molecule has 0 aliphatic rings. The number of guanidine groups is 1. The Morgan fingerprint density at radius 1 is 1.17 bits per heavy atom. The van der Waals surface area contributed by atoms with Gasteiger partial charge in [-0.1, -0.05) is 45.0 Å². The molecular weight excluding hydrogens is 316 g/mol. The molecular formula is C19H28N4S. The lowest BCUT2D eigenvalue weighted by Gasteiger charge is -2.11. The lowest BCUT2D eigenvalue weighted by Crippen LogP contribution is -2.37. The van der Waals surface area contributed by atoms with E-state index in [0.717, 1.165) is 36.0 Å². The summed E-state index contributed by atoms with van der Waals surface area (Å²) in [6.45, 7) is 8.08. The number of hydrogen-bond donors (Lipinski definition) is 2. The molecule has 0 unspecified atom stereocenters. The first-order valence-corrected chi connectivity index (χ1v) is 9.47. The van der Waals surface area contributed by atoms with Crippen molar-refractivity contribution in [2.45, 2.75) is 46.1 Å². The van der Waals surface area contributed by atoms with E-state index < -0.39 is 0 Å². The molecule has 130 valence electrons. The standard InChI is InChI=1S/C19H28N4S/c1-5-15-6-8-16(9-7-15)10-11-21-19(20-4)22-12-18-23-17(13-24-18)14(2)3/h6-9,13-14H,5,10-12H2,1-4H3,(H2,20,21,22). The van der Waals surface area contributed by atoms with Gasteiger partial charge in [-0.05, 0) is 29.9 Å². The zero-order valence-electron chi connectivity index (χ0n) is 15.1. The van der Waals surface area contributed by atoms with Crippen LogP contribution >= 0.6 is 11.3 Å². The van der Waals surface area contributed by atoms with Crippen LogP contribution in [0, 0.1) is 0 Å². The zero-order valence-corrected chi connectivity index (χ0v) is 15.9. The SMILES string of the molecule is CCc1ccc(CCNC(=NC)NCc2nc(C(C)C)cs2)cc1. The van der Waals surface area contributed by atoms with Gasteiger partial charge in [-0.25, -0.2) is 4.98 Å². The first-order chi connectivity index (χ1) is 11.6. The van der Waals surface area contributed by atoms with E-state index in [0.29, 0.717) is 12.5 Å². The van der Waals surface area contributed by atoms with Crippen LogP contribution in [0.25, 0.3) is 0 Å². The van der Waals surface area contributed by atoms with Crippen molar-refractivity contribution in [3.63, 3.8) is 0 Å². The summed E-state index contributed by atoms with van der Waals surface area (Å²) < 4.78 is 0. The minimum atomic E-state index is 0.478. The average molecular weight is 345 g/mol. The van der Waals surface area contributed by atoms with E-state index in [-0.39, 0.29) is 0 Å². The van der Waals surface area contributed by atoms with Crippen LogP contribution in [0.5, 0.6) is 0 Å². The van der Waals surface area contributed by atoms with Gasteiger partial charge in [0.1, 0.15) is 5.01 Å². The number of nitrogens with zero attached hydrogens (tertiary/aromatic N) is 2. The van der Waals surface area contributed by atoms with Crippen molar-refractivity contribution in [1.29, 1.82) is 0 Å². The van der Waals surface area contributed by atoms with Gasteiger partial charge in [-0.3, -0.25) is 4.99 Å². The van der Waals surface area contributed by atoms with Crippen LogP contribution in [-0.2, 0) is 19.4 Å². The monoisotopic (exact) mass is 344 g/mol. The second-order valence-electron chi connectivity index (χ2n) is 6.09. The Kier molecular flexibility index (Phi) is 7.25. The Labute approximate surface area is 149 Å². The van der Waals surface area contributed by atoms with Crippen molar-refractivity contribution < 1.29 is 0 Å². The molecule has 24 heavy (non-hydrogen) atoms. The van der Waals surface area contributed by atoms with Gasteiger partial charge < -0.3 is 10.6 Å². The number of aliphatic imine (C=N–C) groups is 1. The number of thiazole rings is 1. The largest absolute Gasteiger partial charge is 0.356 e. The van der Waals surface area contributed by atoms with Crippen LogP contribution < -0.4 is 10.6 Å². The Bertz CT molecular complexity index is 644. The molecule has 2 aromatic rings. The van der Waals surface area contributed by atoms with Gasteiger partial charge >= 0.3 is 0 Å². The molecule has 0 fully saturated rings. The molecule has 1 aromatic carbocycles. The number of aromatic nitrogens is 1. The van der Waals surface area contributed by atoms with Gasteiger partial charge in [0, 0.05) is 19.0 Å². The number of aryl methyl sites for hydroxylation is 1. The highest BCUT2D eigenvalue weighted by Crippen LogP contribution is 2.17. The normalized spacial score (nSPS) is 11.8. The quantitative estimate of drug-likeness (QED) is 0.594. The van der Waals surface area contributed by atoms with Crippen molar-refractivity contribution in [2.75, 3.05) is 13.6 Å². The van der Waals surface area contributed by atoms with Gasteiger partial charge in [0.05, 0.1) is 12.2 Å². The van der Waals surface area contributed by atoms with Gasteiger partial charge in [0.25, 0.3) is 0 Å². The molecule has 0 saturated carbocycles. The zero-order chi connectivity index (χ0) is 17.4. The highest BCUT2D eigenvalue weighted by atomic mass is 32.1. The van der Waals surface area contributed by atoms with E-state index in [1.165, 1.54) is 11.1 Å². The van der Waals surface area contributed by atoms with E-state index in [1.807, 2.05) is 0 Å². The average Bonchev–Trinajstić information content (AvgIpc) is 3.08. The molecule has 2 N–H and O–H groups in total. The first kappa shape index (κ1) is 18.5. The Balaban J connectivity index is 1.75. The molecule has 0 spiro atoms. The molecule has 2 rings (SSSR count). The Hall–Kier alpha value is -1.88. The molecule has 0 saturated heterocycles. The minimum absolute atomic E-state index is 0.478. The molecule has 0 atom stereocenters. The lowest BCUT2D eigenvalue weighted by atomic mass is 10.1. The van der Waals surface area contributed by atoms with E-state index >= 15 is 0 Å². The van der Waals surface area contributed by atoms with E-state index in [4.69, 9.17) is 0 Å². The summed E-state index contributed by atoms with van der Waals surface area (Å²) in [5, 5.41) is 9.92. The predicted molar refractivity (Wildman–Crippen MR) is 104 cm³/mol. The van der Waals surface area contributed by atoms with Crippen LogP contribution in [0.15, 0.2) is 34.6 Å². The highest BCUT2D eigenvalue weighted by molar-refractivity contribution is 7.09. The number of nitrogens with one attached hydrogen (secondary N) is 2. The second kappa shape index (κ2) is 9.42. The maximum absolute atomic E-state index is 4.63. The fraction of sp³-hybridized carbons (Fsp3) is 0.474. The van der Waals surface area contributed by atoms with Crippen LogP contribution in [0.2, 0.25) is 0 Å². The number of hydrogen-bond acceptors (Lipinski definition) is 3. The van der Waals surface area contributed by atoms with Crippen molar-refractivity contribution in [2.24, 2.45) is 4.99 Å². The van der Waals surface area contributed by atoms with Crippen LogP contribution in [-0.4, -0.2) is 24.5 Å². The first-order valence-electron chi connectivity index (χ1n) is 8.59. The molecule has 0 aliphatic heterocycles. The topological polar surface area (TPSA) is 49.3 Å². The second-order valence-corrected chi connectivity index (χ2v) is 7.04. The summed E-state index contributed by atoms with van der Waals surface area (Å²) in [4.78, 5) is 8.91. The molecule has 4 nitrogen and oxygen atoms in total. The predicted octanol–water partition coefficient (Wildman–Crippen LogP) is 3.74. The molecule has 0 radical (unpaired) electrons. The molecule has 5 heteroatoms. The smallest absolute Gasteiger partial charge is 0.191 e. The van der Waals surface area contributed by atoms with Gasteiger partial charge in [0.15, 0.2) is 5.96 Å².